The summed E-state index contributed by atoms with van der Waals surface area (Å²) in [6, 6.07) is 8.38. The van der Waals surface area contributed by atoms with Gasteiger partial charge in [0.1, 0.15) is 5.82 Å². The lowest BCUT2D eigenvalue weighted by Crippen LogP contribution is -2.19. The maximum atomic E-state index is 6.38. The highest BCUT2D eigenvalue weighted by Gasteiger charge is 2.16. The van der Waals surface area contributed by atoms with Crippen LogP contribution < -0.4 is 5.73 Å². The Labute approximate surface area is 128 Å². The van der Waals surface area contributed by atoms with Gasteiger partial charge in [0.2, 0.25) is 0 Å². The first-order valence-corrected chi connectivity index (χ1v) is 7.99. The second-order valence-electron chi connectivity index (χ2n) is 6.02. The molecule has 1 unspecified atom stereocenters. The number of fused-ring (bicyclic) bond motifs is 1. The molecule has 4 nitrogen and oxygen atoms in total. The van der Waals surface area contributed by atoms with E-state index in [0.29, 0.717) is 0 Å². The number of unbranched alkanes of at least 4 members (excludes halogenated alkanes) is 1. The van der Waals surface area contributed by atoms with Gasteiger partial charge in [-0.25, -0.2) is 4.98 Å². The zero-order valence-corrected chi connectivity index (χ0v) is 13.5. The molecule has 4 heteroatoms. The molecular formula is C17H28N4. The molecule has 0 amide bonds. The molecule has 116 valence electrons. The van der Waals surface area contributed by atoms with Gasteiger partial charge in [0.05, 0.1) is 17.1 Å². The largest absolute Gasteiger partial charge is 0.327 e. The molecule has 1 atom stereocenters. The van der Waals surface area contributed by atoms with Gasteiger partial charge in [-0.3, -0.25) is 0 Å². The second-order valence-corrected chi connectivity index (χ2v) is 6.02. The molecular weight excluding hydrogens is 260 g/mol. The molecule has 2 aromatic rings. The van der Waals surface area contributed by atoms with Gasteiger partial charge in [-0.1, -0.05) is 31.9 Å². The van der Waals surface area contributed by atoms with E-state index in [1.165, 1.54) is 11.9 Å². The summed E-state index contributed by atoms with van der Waals surface area (Å²) < 4.78 is 2.32. The fourth-order valence-electron chi connectivity index (χ4n) is 2.71. The summed E-state index contributed by atoms with van der Waals surface area (Å²) in [4.78, 5) is 7.01. The van der Waals surface area contributed by atoms with Crippen molar-refractivity contribution >= 4 is 11.0 Å². The van der Waals surface area contributed by atoms with Gasteiger partial charge in [-0.15, -0.1) is 0 Å². The van der Waals surface area contributed by atoms with Crippen molar-refractivity contribution in [3.8, 4) is 0 Å². The fourth-order valence-corrected chi connectivity index (χ4v) is 2.71. The van der Waals surface area contributed by atoms with E-state index in [-0.39, 0.29) is 6.04 Å². The minimum Gasteiger partial charge on any atom is -0.327 e. The standard InChI is InChI=1S/C17H28N4/c1-4-5-9-14(18)17-19-15-10-6-7-11-16(15)21(17)13-8-12-20(2)3/h6-7,10-11,14H,4-5,8-9,12-13,18H2,1-3H3. The minimum atomic E-state index is 0.0386. The van der Waals surface area contributed by atoms with Crippen LogP contribution in [0.2, 0.25) is 0 Å². The lowest BCUT2D eigenvalue weighted by Gasteiger charge is -2.16. The van der Waals surface area contributed by atoms with Crippen molar-refractivity contribution in [2.24, 2.45) is 5.73 Å². The molecule has 2 rings (SSSR count). The molecule has 0 aliphatic heterocycles. The summed E-state index contributed by atoms with van der Waals surface area (Å²) >= 11 is 0. The third-order valence-electron chi connectivity index (χ3n) is 3.87. The summed E-state index contributed by atoms with van der Waals surface area (Å²) in [5, 5.41) is 0. The number of hydrogen-bond acceptors (Lipinski definition) is 3. The number of hydrogen-bond donors (Lipinski definition) is 1. The van der Waals surface area contributed by atoms with E-state index in [2.05, 4.69) is 48.7 Å². The van der Waals surface area contributed by atoms with Crippen LogP contribution in [-0.2, 0) is 6.54 Å². The Morgan fingerprint density at radius 1 is 1.24 bits per heavy atom. The van der Waals surface area contributed by atoms with Crippen LogP contribution in [0.25, 0.3) is 11.0 Å². The fraction of sp³-hybridized carbons (Fsp3) is 0.588. The number of aryl methyl sites for hydroxylation is 1. The summed E-state index contributed by atoms with van der Waals surface area (Å²) in [6.07, 6.45) is 4.45. The predicted octanol–water partition coefficient (Wildman–Crippen LogP) is 3.18. The lowest BCUT2D eigenvalue weighted by atomic mass is 10.1. The Kier molecular flexibility index (Phi) is 5.76. The molecule has 0 aliphatic rings. The lowest BCUT2D eigenvalue weighted by molar-refractivity contribution is 0.384. The van der Waals surface area contributed by atoms with Gasteiger partial charge in [0, 0.05) is 6.54 Å². The molecule has 1 heterocycles. The Morgan fingerprint density at radius 2 is 2.00 bits per heavy atom. The van der Waals surface area contributed by atoms with Crippen molar-refractivity contribution in [1.29, 1.82) is 0 Å². The van der Waals surface area contributed by atoms with Gasteiger partial charge >= 0.3 is 0 Å². The highest BCUT2D eigenvalue weighted by Crippen LogP contribution is 2.23. The Balaban J connectivity index is 2.25. The van der Waals surface area contributed by atoms with Gasteiger partial charge in [-0.2, -0.15) is 0 Å². The zero-order valence-electron chi connectivity index (χ0n) is 13.5. The van der Waals surface area contributed by atoms with Crippen molar-refractivity contribution < 1.29 is 0 Å². The molecule has 0 fully saturated rings. The monoisotopic (exact) mass is 288 g/mol. The smallest absolute Gasteiger partial charge is 0.126 e. The molecule has 0 bridgehead atoms. The van der Waals surface area contributed by atoms with E-state index < -0.39 is 0 Å². The molecule has 0 aliphatic carbocycles. The SMILES string of the molecule is CCCCC(N)c1nc2ccccc2n1CCCN(C)C. The van der Waals surface area contributed by atoms with Crippen LogP contribution in [0.1, 0.15) is 44.5 Å². The number of rotatable bonds is 8. The highest BCUT2D eigenvalue weighted by molar-refractivity contribution is 5.76. The van der Waals surface area contributed by atoms with Gasteiger partial charge in [0.25, 0.3) is 0 Å². The van der Waals surface area contributed by atoms with E-state index in [1.807, 2.05) is 6.07 Å². The van der Waals surface area contributed by atoms with Crippen molar-refractivity contribution in [2.45, 2.75) is 45.2 Å². The molecule has 0 saturated carbocycles. The zero-order chi connectivity index (χ0) is 15.2. The number of nitrogens with two attached hydrogens (primary N) is 1. The molecule has 21 heavy (non-hydrogen) atoms. The van der Waals surface area contributed by atoms with Gasteiger partial charge in [0.15, 0.2) is 0 Å². The van der Waals surface area contributed by atoms with Crippen molar-refractivity contribution in [3.05, 3.63) is 30.1 Å². The predicted molar refractivity (Wildman–Crippen MR) is 89.4 cm³/mol. The van der Waals surface area contributed by atoms with Crippen LogP contribution in [0, 0.1) is 0 Å². The molecule has 2 N–H and O–H groups in total. The third kappa shape index (κ3) is 4.05. The first kappa shape index (κ1) is 16.0. The number of nitrogens with zero attached hydrogens (tertiary/aromatic N) is 3. The first-order chi connectivity index (χ1) is 10.1. The molecule has 0 spiro atoms. The van der Waals surface area contributed by atoms with Crippen molar-refractivity contribution in [3.63, 3.8) is 0 Å². The van der Waals surface area contributed by atoms with Crippen molar-refractivity contribution in [1.82, 2.24) is 14.5 Å². The summed E-state index contributed by atoms with van der Waals surface area (Å²) in [5.41, 5.74) is 8.65. The Bertz CT molecular complexity index is 559. The Morgan fingerprint density at radius 3 is 2.71 bits per heavy atom. The van der Waals surface area contributed by atoms with Crippen LogP contribution in [0.15, 0.2) is 24.3 Å². The minimum absolute atomic E-state index is 0.0386. The first-order valence-electron chi connectivity index (χ1n) is 7.99. The van der Waals surface area contributed by atoms with Crippen molar-refractivity contribution in [2.75, 3.05) is 20.6 Å². The van der Waals surface area contributed by atoms with E-state index in [9.17, 15) is 0 Å². The normalized spacial score (nSPS) is 13.2. The average Bonchev–Trinajstić information content (AvgIpc) is 2.83. The molecule has 1 aromatic carbocycles. The highest BCUT2D eigenvalue weighted by atomic mass is 15.1. The van der Waals surface area contributed by atoms with Crippen LogP contribution in [0.4, 0.5) is 0 Å². The summed E-state index contributed by atoms with van der Waals surface area (Å²) in [5.74, 6) is 1.04. The molecule has 0 saturated heterocycles. The van der Waals surface area contributed by atoms with E-state index in [0.717, 1.165) is 43.7 Å². The van der Waals surface area contributed by atoms with E-state index >= 15 is 0 Å². The molecule has 0 radical (unpaired) electrons. The van der Waals surface area contributed by atoms with Gasteiger partial charge < -0.3 is 15.2 Å². The van der Waals surface area contributed by atoms with Gasteiger partial charge in [-0.05, 0) is 45.6 Å². The maximum absolute atomic E-state index is 6.38. The third-order valence-corrected chi connectivity index (χ3v) is 3.87. The summed E-state index contributed by atoms with van der Waals surface area (Å²) in [7, 11) is 4.22. The Hall–Kier alpha value is -1.39. The molecule has 1 aromatic heterocycles. The van der Waals surface area contributed by atoms with E-state index in [4.69, 9.17) is 10.7 Å². The summed E-state index contributed by atoms with van der Waals surface area (Å²) in [6.45, 7) is 4.26. The number of aromatic nitrogens is 2. The second kappa shape index (κ2) is 7.57. The maximum Gasteiger partial charge on any atom is 0.126 e. The topological polar surface area (TPSA) is 47.1 Å². The van der Waals surface area contributed by atoms with Crippen LogP contribution in [-0.4, -0.2) is 35.1 Å². The number of benzene rings is 1. The van der Waals surface area contributed by atoms with E-state index in [1.54, 1.807) is 0 Å². The quantitative estimate of drug-likeness (QED) is 0.811. The van der Waals surface area contributed by atoms with Crippen LogP contribution in [0.3, 0.4) is 0 Å². The van der Waals surface area contributed by atoms with Crippen LogP contribution >= 0.6 is 0 Å². The average molecular weight is 288 g/mol. The van der Waals surface area contributed by atoms with Crippen LogP contribution in [0.5, 0.6) is 0 Å². The number of para-hydroxylation sites is 2. The number of imidazole rings is 1.